The van der Waals surface area contributed by atoms with Gasteiger partial charge in [0.25, 0.3) is 0 Å². The van der Waals surface area contributed by atoms with Crippen molar-refractivity contribution >= 4 is 0 Å². The minimum Gasteiger partial charge on any atom is -0.493 e. The van der Waals surface area contributed by atoms with Crippen molar-refractivity contribution in [3.63, 3.8) is 0 Å². The van der Waals surface area contributed by atoms with Gasteiger partial charge in [-0.2, -0.15) is 0 Å². The van der Waals surface area contributed by atoms with Crippen molar-refractivity contribution in [1.82, 2.24) is 5.32 Å². The first kappa shape index (κ1) is 13.2. The van der Waals surface area contributed by atoms with Gasteiger partial charge in [0.15, 0.2) is 11.5 Å². The molecule has 1 atom stereocenters. The normalized spacial score (nSPS) is 19.7. The average Bonchev–Trinajstić information content (AvgIpc) is 2.39. The van der Waals surface area contributed by atoms with Crippen molar-refractivity contribution in [2.45, 2.75) is 39.2 Å². The molecule has 1 N–H and O–H groups in total. The summed E-state index contributed by atoms with van der Waals surface area (Å²) in [6.07, 6.45) is 3.78. The summed E-state index contributed by atoms with van der Waals surface area (Å²) in [6.45, 7) is 5.39. The molecule has 100 valence electrons. The van der Waals surface area contributed by atoms with Gasteiger partial charge >= 0.3 is 0 Å². The van der Waals surface area contributed by atoms with Crippen LogP contribution in [-0.2, 0) is 0 Å². The van der Waals surface area contributed by atoms with E-state index < -0.39 is 0 Å². The highest BCUT2D eigenvalue weighted by molar-refractivity contribution is 5.54. The van der Waals surface area contributed by atoms with Crippen LogP contribution in [0.3, 0.4) is 0 Å². The molecule has 0 bridgehead atoms. The first-order chi connectivity index (χ1) is 8.69. The van der Waals surface area contributed by atoms with Crippen LogP contribution in [0.2, 0.25) is 0 Å². The minimum atomic E-state index is 0.457. The molecule has 1 unspecified atom stereocenters. The lowest BCUT2D eigenvalue weighted by atomic mass is 9.90. The average molecular weight is 249 g/mol. The molecule has 2 rings (SSSR count). The molecule has 1 fully saturated rings. The van der Waals surface area contributed by atoms with Crippen LogP contribution in [0.4, 0.5) is 0 Å². The molecule has 0 aliphatic carbocycles. The zero-order valence-corrected chi connectivity index (χ0v) is 11.8. The van der Waals surface area contributed by atoms with E-state index in [1.165, 1.54) is 36.0 Å². The molecule has 0 spiro atoms. The molecule has 0 aromatic heterocycles. The van der Waals surface area contributed by atoms with Crippen LogP contribution in [0.25, 0.3) is 0 Å². The van der Waals surface area contributed by atoms with Gasteiger partial charge in [-0.05, 0) is 56.0 Å². The first-order valence-corrected chi connectivity index (χ1v) is 6.64. The van der Waals surface area contributed by atoms with E-state index in [1.807, 2.05) is 0 Å². The Labute approximate surface area is 109 Å². The summed E-state index contributed by atoms with van der Waals surface area (Å²) in [5, 5.41) is 3.61. The van der Waals surface area contributed by atoms with E-state index in [1.54, 1.807) is 14.2 Å². The highest BCUT2D eigenvalue weighted by atomic mass is 16.5. The summed E-state index contributed by atoms with van der Waals surface area (Å²) in [5.41, 5.74) is 3.87. The van der Waals surface area contributed by atoms with Crippen LogP contribution in [0, 0.1) is 13.8 Å². The van der Waals surface area contributed by atoms with E-state index in [0.29, 0.717) is 6.04 Å². The van der Waals surface area contributed by atoms with Gasteiger partial charge in [0.1, 0.15) is 0 Å². The molecular formula is C15H23NO2. The van der Waals surface area contributed by atoms with Gasteiger partial charge in [0.05, 0.1) is 14.2 Å². The van der Waals surface area contributed by atoms with Crippen LogP contribution in [0.15, 0.2) is 6.07 Å². The van der Waals surface area contributed by atoms with E-state index in [2.05, 4.69) is 25.2 Å². The zero-order chi connectivity index (χ0) is 13.1. The molecule has 1 aromatic carbocycles. The Morgan fingerprint density at radius 3 is 2.50 bits per heavy atom. The molecule has 0 amide bonds. The van der Waals surface area contributed by atoms with Gasteiger partial charge in [-0.3, -0.25) is 0 Å². The van der Waals surface area contributed by atoms with Crippen molar-refractivity contribution in [3.8, 4) is 11.5 Å². The number of piperidine rings is 1. The lowest BCUT2D eigenvalue weighted by Crippen LogP contribution is -2.28. The van der Waals surface area contributed by atoms with Crippen LogP contribution in [0.5, 0.6) is 11.5 Å². The number of nitrogens with one attached hydrogen (secondary N) is 1. The van der Waals surface area contributed by atoms with Crippen molar-refractivity contribution < 1.29 is 9.47 Å². The monoisotopic (exact) mass is 249 g/mol. The highest BCUT2D eigenvalue weighted by Gasteiger charge is 2.22. The molecule has 1 aliphatic rings. The number of aryl methyl sites for hydroxylation is 1. The largest absolute Gasteiger partial charge is 0.493 e. The quantitative estimate of drug-likeness (QED) is 0.892. The number of ether oxygens (including phenoxy) is 2. The third kappa shape index (κ3) is 2.32. The minimum absolute atomic E-state index is 0.457. The fourth-order valence-electron chi connectivity index (χ4n) is 2.98. The molecule has 3 heteroatoms. The Morgan fingerprint density at radius 1 is 1.17 bits per heavy atom. The second kappa shape index (κ2) is 5.61. The number of hydrogen-bond donors (Lipinski definition) is 1. The van der Waals surface area contributed by atoms with Gasteiger partial charge in [-0.1, -0.05) is 6.42 Å². The Bertz CT molecular complexity index is 423. The summed E-state index contributed by atoms with van der Waals surface area (Å²) < 4.78 is 10.9. The van der Waals surface area contributed by atoms with E-state index in [4.69, 9.17) is 9.47 Å². The summed E-state index contributed by atoms with van der Waals surface area (Å²) in [4.78, 5) is 0. The van der Waals surface area contributed by atoms with Crippen LogP contribution >= 0.6 is 0 Å². The van der Waals surface area contributed by atoms with Gasteiger partial charge in [0, 0.05) is 6.04 Å². The van der Waals surface area contributed by atoms with Crippen molar-refractivity contribution in [3.05, 3.63) is 22.8 Å². The van der Waals surface area contributed by atoms with Gasteiger partial charge in [0.2, 0.25) is 0 Å². The van der Waals surface area contributed by atoms with Gasteiger partial charge in [-0.15, -0.1) is 0 Å². The third-order valence-electron chi connectivity index (χ3n) is 3.82. The molecule has 1 aliphatic heterocycles. The van der Waals surface area contributed by atoms with E-state index >= 15 is 0 Å². The van der Waals surface area contributed by atoms with E-state index in [0.717, 1.165) is 18.0 Å². The van der Waals surface area contributed by atoms with Crippen LogP contribution in [-0.4, -0.2) is 20.8 Å². The third-order valence-corrected chi connectivity index (χ3v) is 3.82. The fourth-order valence-corrected chi connectivity index (χ4v) is 2.98. The van der Waals surface area contributed by atoms with Crippen molar-refractivity contribution in [2.75, 3.05) is 20.8 Å². The molecular weight excluding hydrogens is 226 g/mol. The Kier molecular flexibility index (Phi) is 4.12. The number of rotatable bonds is 3. The topological polar surface area (TPSA) is 30.5 Å². The molecule has 1 heterocycles. The van der Waals surface area contributed by atoms with Gasteiger partial charge in [-0.25, -0.2) is 0 Å². The summed E-state index contributed by atoms with van der Waals surface area (Å²) in [7, 11) is 3.40. The predicted molar refractivity (Wildman–Crippen MR) is 73.6 cm³/mol. The zero-order valence-electron chi connectivity index (χ0n) is 11.8. The fraction of sp³-hybridized carbons (Fsp3) is 0.600. The Morgan fingerprint density at radius 2 is 1.94 bits per heavy atom. The summed E-state index contributed by atoms with van der Waals surface area (Å²) in [6, 6.07) is 2.54. The maximum Gasteiger partial charge on any atom is 0.163 e. The summed E-state index contributed by atoms with van der Waals surface area (Å²) in [5.74, 6) is 1.69. The number of hydrogen-bond acceptors (Lipinski definition) is 3. The second-order valence-electron chi connectivity index (χ2n) is 4.97. The molecule has 1 saturated heterocycles. The Balaban J connectivity index is 2.46. The number of benzene rings is 1. The Hall–Kier alpha value is -1.22. The molecule has 0 radical (unpaired) electrons. The first-order valence-electron chi connectivity index (χ1n) is 6.64. The van der Waals surface area contributed by atoms with Crippen LogP contribution < -0.4 is 14.8 Å². The van der Waals surface area contributed by atoms with Crippen LogP contribution in [0.1, 0.15) is 42.0 Å². The van der Waals surface area contributed by atoms with E-state index in [9.17, 15) is 0 Å². The predicted octanol–water partition coefficient (Wildman–Crippen LogP) is 3.14. The molecule has 0 saturated carbocycles. The summed E-state index contributed by atoms with van der Waals surface area (Å²) >= 11 is 0. The molecule has 3 nitrogen and oxygen atoms in total. The van der Waals surface area contributed by atoms with Crippen molar-refractivity contribution in [1.29, 1.82) is 0 Å². The second-order valence-corrected chi connectivity index (χ2v) is 4.97. The molecule has 18 heavy (non-hydrogen) atoms. The molecule has 1 aromatic rings. The smallest absolute Gasteiger partial charge is 0.163 e. The lowest BCUT2D eigenvalue weighted by molar-refractivity contribution is 0.349. The maximum atomic E-state index is 5.50. The maximum absolute atomic E-state index is 5.50. The van der Waals surface area contributed by atoms with Crippen molar-refractivity contribution in [2.24, 2.45) is 0 Å². The van der Waals surface area contributed by atoms with E-state index in [-0.39, 0.29) is 0 Å². The SMILES string of the molecule is COc1cc(C)c(C2CCCCN2)c(C)c1OC. The highest BCUT2D eigenvalue weighted by Crippen LogP contribution is 2.39. The number of methoxy groups -OCH3 is 2. The van der Waals surface area contributed by atoms with Gasteiger partial charge < -0.3 is 14.8 Å². The standard InChI is InChI=1S/C15H23NO2/c1-10-9-13(17-3)15(18-4)11(2)14(10)12-7-5-6-8-16-12/h9,12,16H,5-8H2,1-4H3. The lowest BCUT2D eigenvalue weighted by Gasteiger charge is -2.28.